The first-order chi connectivity index (χ1) is 10.1. The topological polar surface area (TPSA) is 61.7 Å². The van der Waals surface area contributed by atoms with Crippen LogP contribution >= 0.6 is 11.6 Å². The van der Waals surface area contributed by atoms with Gasteiger partial charge < -0.3 is 5.11 Å². The molecule has 2 N–H and O–H groups in total. The number of carbonyl (C=O) groups is 1. The van der Waals surface area contributed by atoms with E-state index < -0.39 is 12.6 Å². The predicted octanol–water partition coefficient (Wildman–Crippen LogP) is 3.28. The summed E-state index contributed by atoms with van der Waals surface area (Å²) in [5.41, 5.74) is 3.14. The quantitative estimate of drug-likeness (QED) is 0.672. The van der Waals surface area contributed by atoms with Gasteiger partial charge >= 0.3 is 0 Å². The fourth-order valence-corrected chi connectivity index (χ4v) is 1.89. The number of amides is 1. The first-order valence-electron chi connectivity index (χ1n) is 6.07. The van der Waals surface area contributed by atoms with Crippen LogP contribution in [0.25, 0.3) is 0 Å². The van der Waals surface area contributed by atoms with Crippen molar-refractivity contribution >= 4 is 23.7 Å². The number of carbonyl (C=O) groups excluding carboxylic acids is 1. The number of phenols is 1. The van der Waals surface area contributed by atoms with Crippen molar-refractivity contribution in [3.8, 4) is 5.75 Å². The maximum absolute atomic E-state index is 12.8. The van der Waals surface area contributed by atoms with Crippen LogP contribution in [0.4, 0.5) is 4.39 Å². The van der Waals surface area contributed by atoms with E-state index in [0.717, 1.165) is 0 Å². The summed E-state index contributed by atoms with van der Waals surface area (Å²) in [7, 11) is 0. The first-order valence-corrected chi connectivity index (χ1v) is 6.45. The van der Waals surface area contributed by atoms with Gasteiger partial charge in [0.15, 0.2) is 0 Å². The Morgan fingerprint density at radius 1 is 1.33 bits per heavy atom. The molecule has 0 fully saturated rings. The Morgan fingerprint density at radius 2 is 2.10 bits per heavy atom. The van der Waals surface area contributed by atoms with Crippen LogP contribution in [-0.2, 0) is 6.67 Å². The second-order valence-corrected chi connectivity index (χ2v) is 4.63. The molecule has 108 valence electrons. The fraction of sp³-hybridized carbons (Fsp3) is 0.0667. The van der Waals surface area contributed by atoms with E-state index in [9.17, 15) is 14.3 Å². The molecule has 0 saturated heterocycles. The molecule has 0 aliphatic heterocycles. The molecule has 2 aromatic rings. The van der Waals surface area contributed by atoms with Crippen molar-refractivity contribution in [2.24, 2.45) is 5.10 Å². The lowest BCUT2D eigenvalue weighted by molar-refractivity contribution is 0.0953. The highest BCUT2D eigenvalue weighted by molar-refractivity contribution is 6.30. The number of alkyl halides is 1. The molecule has 0 spiro atoms. The molecule has 2 rings (SSSR count). The average molecular weight is 307 g/mol. The van der Waals surface area contributed by atoms with E-state index >= 15 is 0 Å². The SMILES string of the molecule is O=C(NN=Cc1cc(Cl)ccc1O)c1ccccc1CF. The van der Waals surface area contributed by atoms with Crippen molar-refractivity contribution in [2.75, 3.05) is 0 Å². The number of hydrazone groups is 1. The molecule has 0 aliphatic rings. The molecule has 0 atom stereocenters. The van der Waals surface area contributed by atoms with E-state index in [1.54, 1.807) is 12.1 Å². The lowest BCUT2D eigenvalue weighted by Crippen LogP contribution is -2.19. The minimum atomic E-state index is -0.734. The monoisotopic (exact) mass is 306 g/mol. The number of phenolic OH excluding ortho intramolecular Hbond substituents is 1. The number of aromatic hydroxyl groups is 1. The molecule has 0 aromatic heterocycles. The number of rotatable bonds is 4. The predicted molar refractivity (Wildman–Crippen MR) is 79.4 cm³/mol. The van der Waals surface area contributed by atoms with Gasteiger partial charge in [0, 0.05) is 16.1 Å². The van der Waals surface area contributed by atoms with E-state index in [4.69, 9.17) is 11.6 Å². The van der Waals surface area contributed by atoms with Gasteiger partial charge in [-0.3, -0.25) is 4.79 Å². The molecule has 0 bridgehead atoms. The molecular formula is C15H12ClFN2O2. The van der Waals surface area contributed by atoms with Crippen LogP contribution in [0.5, 0.6) is 5.75 Å². The highest BCUT2D eigenvalue weighted by atomic mass is 35.5. The van der Waals surface area contributed by atoms with Gasteiger partial charge in [-0.05, 0) is 29.8 Å². The molecule has 0 radical (unpaired) electrons. The Kier molecular flexibility index (Phi) is 4.90. The Labute approximate surface area is 125 Å². The van der Waals surface area contributed by atoms with Gasteiger partial charge in [0.2, 0.25) is 0 Å². The minimum Gasteiger partial charge on any atom is -0.507 e. The number of nitrogens with one attached hydrogen (secondary N) is 1. The third-order valence-corrected chi connectivity index (χ3v) is 3.00. The van der Waals surface area contributed by atoms with Gasteiger partial charge in [-0.2, -0.15) is 5.10 Å². The van der Waals surface area contributed by atoms with Gasteiger partial charge in [0.1, 0.15) is 12.4 Å². The number of benzene rings is 2. The highest BCUT2D eigenvalue weighted by Crippen LogP contribution is 2.19. The van der Waals surface area contributed by atoms with Crippen LogP contribution in [0.1, 0.15) is 21.5 Å². The number of hydrogen-bond donors (Lipinski definition) is 2. The van der Waals surface area contributed by atoms with Crippen LogP contribution in [-0.4, -0.2) is 17.2 Å². The van der Waals surface area contributed by atoms with Gasteiger partial charge in [0.25, 0.3) is 5.91 Å². The maximum atomic E-state index is 12.8. The Bertz CT molecular complexity index is 689. The third kappa shape index (κ3) is 3.79. The zero-order chi connectivity index (χ0) is 15.2. The zero-order valence-corrected chi connectivity index (χ0v) is 11.6. The summed E-state index contributed by atoms with van der Waals surface area (Å²) in [5, 5.41) is 13.8. The van der Waals surface area contributed by atoms with E-state index in [2.05, 4.69) is 10.5 Å². The summed E-state index contributed by atoms with van der Waals surface area (Å²) in [5.74, 6) is -0.539. The number of nitrogens with zero attached hydrogens (tertiary/aromatic N) is 1. The van der Waals surface area contributed by atoms with Gasteiger partial charge in [0.05, 0.1) is 6.21 Å². The van der Waals surface area contributed by atoms with E-state index in [0.29, 0.717) is 10.6 Å². The second kappa shape index (κ2) is 6.85. The fourth-order valence-electron chi connectivity index (χ4n) is 1.71. The van der Waals surface area contributed by atoms with Crippen molar-refractivity contribution < 1.29 is 14.3 Å². The van der Waals surface area contributed by atoms with E-state index in [-0.39, 0.29) is 16.9 Å². The molecular weight excluding hydrogens is 295 g/mol. The number of hydrogen-bond acceptors (Lipinski definition) is 3. The largest absolute Gasteiger partial charge is 0.507 e. The van der Waals surface area contributed by atoms with Crippen LogP contribution in [0.15, 0.2) is 47.6 Å². The smallest absolute Gasteiger partial charge is 0.271 e. The van der Waals surface area contributed by atoms with Crippen LogP contribution in [0.3, 0.4) is 0 Å². The summed E-state index contributed by atoms with van der Waals surface area (Å²) in [4.78, 5) is 11.9. The van der Waals surface area contributed by atoms with Gasteiger partial charge in [-0.15, -0.1) is 0 Å². The summed E-state index contributed by atoms with van der Waals surface area (Å²) in [6.07, 6.45) is 1.26. The van der Waals surface area contributed by atoms with Gasteiger partial charge in [-0.25, -0.2) is 9.82 Å². The van der Waals surface area contributed by atoms with Crippen LogP contribution < -0.4 is 5.43 Å². The first kappa shape index (κ1) is 15.0. The summed E-state index contributed by atoms with van der Waals surface area (Å²) >= 11 is 5.79. The minimum absolute atomic E-state index is 0.0124. The maximum Gasteiger partial charge on any atom is 0.271 e. The highest BCUT2D eigenvalue weighted by Gasteiger charge is 2.09. The van der Waals surface area contributed by atoms with Crippen molar-refractivity contribution in [3.63, 3.8) is 0 Å². The Balaban J connectivity index is 2.10. The lowest BCUT2D eigenvalue weighted by atomic mass is 10.1. The van der Waals surface area contributed by atoms with Gasteiger partial charge in [-0.1, -0.05) is 29.8 Å². The molecule has 0 aliphatic carbocycles. The summed E-state index contributed by atoms with van der Waals surface area (Å²) < 4.78 is 12.8. The van der Waals surface area contributed by atoms with E-state index in [1.807, 2.05) is 0 Å². The standard InChI is InChI=1S/C15H12ClFN2O2/c16-12-5-6-14(20)11(7-12)9-18-19-15(21)13-4-2-1-3-10(13)8-17/h1-7,9,20H,8H2,(H,19,21). The molecule has 1 amide bonds. The molecule has 0 heterocycles. The molecule has 4 nitrogen and oxygen atoms in total. The molecule has 6 heteroatoms. The third-order valence-electron chi connectivity index (χ3n) is 2.77. The average Bonchev–Trinajstić information content (AvgIpc) is 2.50. The van der Waals surface area contributed by atoms with Crippen molar-refractivity contribution in [2.45, 2.75) is 6.67 Å². The van der Waals surface area contributed by atoms with Crippen molar-refractivity contribution in [1.29, 1.82) is 0 Å². The summed E-state index contributed by atoms with van der Waals surface area (Å²) in [6, 6.07) is 10.8. The Morgan fingerprint density at radius 3 is 2.86 bits per heavy atom. The van der Waals surface area contributed by atoms with Crippen LogP contribution in [0.2, 0.25) is 5.02 Å². The molecule has 2 aromatic carbocycles. The van der Waals surface area contributed by atoms with E-state index in [1.165, 1.54) is 36.5 Å². The molecule has 0 saturated carbocycles. The Hall–Kier alpha value is -2.40. The van der Waals surface area contributed by atoms with Crippen molar-refractivity contribution in [1.82, 2.24) is 5.43 Å². The second-order valence-electron chi connectivity index (χ2n) is 4.19. The summed E-state index contributed by atoms with van der Waals surface area (Å²) in [6.45, 7) is -0.734. The molecule has 0 unspecified atom stereocenters. The molecule has 21 heavy (non-hydrogen) atoms. The lowest BCUT2D eigenvalue weighted by Gasteiger charge is -2.04. The normalized spacial score (nSPS) is 10.8. The van der Waals surface area contributed by atoms with Crippen molar-refractivity contribution in [3.05, 3.63) is 64.2 Å². The zero-order valence-electron chi connectivity index (χ0n) is 10.9. The van der Waals surface area contributed by atoms with Crippen LogP contribution in [0, 0.1) is 0 Å². The number of halogens is 2.